The van der Waals surface area contributed by atoms with Crippen molar-refractivity contribution >= 4 is 52.1 Å². The van der Waals surface area contributed by atoms with E-state index in [4.69, 9.17) is 15.6 Å². The number of carbonyl (C=O) groups is 5. The van der Waals surface area contributed by atoms with Crippen LogP contribution in [0.25, 0.3) is 22.3 Å². The Labute approximate surface area is 415 Å². The van der Waals surface area contributed by atoms with Crippen molar-refractivity contribution in [3.8, 4) is 22.8 Å². The second kappa shape index (κ2) is 23.5. The number of carbonyl (C=O) groups excluding carboxylic acids is 5. The molecule has 2 aromatic heterocycles. The number of rotatable bonds is 22. The lowest BCUT2D eigenvalue weighted by molar-refractivity contribution is -0.136. The number of nitrogens with two attached hydrogens (primary N) is 1. The average Bonchev–Trinajstić information content (AvgIpc) is 3.90. The molecule has 0 aliphatic carbocycles. The molecular formula is C54H67N11O6. The van der Waals surface area contributed by atoms with E-state index >= 15 is 0 Å². The number of aromatic nitrogens is 4. The van der Waals surface area contributed by atoms with Crippen LogP contribution in [-0.4, -0.2) is 134 Å². The van der Waals surface area contributed by atoms with Crippen LogP contribution in [0.2, 0.25) is 0 Å². The van der Waals surface area contributed by atoms with Crippen LogP contribution >= 0.6 is 0 Å². The van der Waals surface area contributed by atoms with E-state index in [-0.39, 0.29) is 30.7 Å². The summed E-state index contributed by atoms with van der Waals surface area (Å²) in [5.74, 6) is 0.115. The standard InChI is InChI=1S/C54H67N11O6/c55-50-48-49(38-22-24-41(25-23-38)71-40-17-9-8-10-18-40)60-65(51(48)58-37-57-50)39-16-14-31-63(36-39)46(67)21-15-30-62-34-32-61(33-35-62)29-12-7-5-3-1-2-4-6-11-28-56-43-20-13-19-42-47(43)54(70)64(53(42)69)44-26-27-45(66)59-52(44)68/h8-10,13,17-20,22-25,37,39,44,56H,1-7,11-12,14-16,21,26-36H2,(H2,55,57,58)(H,59,66,68). The third-order valence-electron chi connectivity index (χ3n) is 14.5. The first kappa shape index (κ1) is 49.3. The fraction of sp³-hybridized carbons (Fsp3) is 0.481. The van der Waals surface area contributed by atoms with Crippen LogP contribution in [0.15, 0.2) is 79.1 Å². The van der Waals surface area contributed by atoms with Gasteiger partial charge in [0.15, 0.2) is 5.65 Å². The first-order valence-corrected chi connectivity index (χ1v) is 25.8. The van der Waals surface area contributed by atoms with Gasteiger partial charge in [-0.2, -0.15) is 5.10 Å². The molecule has 3 saturated heterocycles. The molecule has 5 amide bonds. The highest BCUT2D eigenvalue weighted by molar-refractivity contribution is 6.25. The van der Waals surface area contributed by atoms with Crippen LogP contribution in [-0.2, 0) is 14.4 Å². The highest BCUT2D eigenvalue weighted by atomic mass is 16.5. The number of para-hydroxylation sites is 1. The van der Waals surface area contributed by atoms with Gasteiger partial charge in [0.1, 0.15) is 35.4 Å². The highest BCUT2D eigenvalue weighted by Gasteiger charge is 2.45. The van der Waals surface area contributed by atoms with Gasteiger partial charge in [-0.15, -0.1) is 0 Å². The van der Waals surface area contributed by atoms with E-state index in [0.29, 0.717) is 47.8 Å². The minimum absolute atomic E-state index is 0.0157. The normalized spacial score (nSPS) is 18.8. The fourth-order valence-electron chi connectivity index (χ4n) is 10.6. The smallest absolute Gasteiger partial charge is 0.264 e. The lowest BCUT2D eigenvalue weighted by Crippen LogP contribution is -2.54. The van der Waals surface area contributed by atoms with Gasteiger partial charge in [0.2, 0.25) is 17.7 Å². The lowest BCUT2D eigenvalue weighted by Gasteiger charge is -2.35. The number of hydrogen-bond acceptors (Lipinski definition) is 13. The second-order valence-corrected chi connectivity index (χ2v) is 19.4. The summed E-state index contributed by atoms with van der Waals surface area (Å²) in [7, 11) is 0. The van der Waals surface area contributed by atoms with Crippen molar-refractivity contribution in [2.45, 2.75) is 108 Å². The Hall–Kier alpha value is -6.72. The summed E-state index contributed by atoms with van der Waals surface area (Å²) < 4.78 is 7.97. The van der Waals surface area contributed by atoms with Gasteiger partial charge in [0.25, 0.3) is 11.8 Å². The molecule has 3 aromatic carbocycles. The summed E-state index contributed by atoms with van der Waals surface area (Å²) in [6.07, 6.45) is 15.6. The summed E-state index contributed by atoms with van der Waals surface area (Å²) in [6, 6.07) is 21.7. The van der Waals surface area contributed by atoms with E-state index in [1.54, 1.807) is 18.2 Å². The molecule has 0 bridgehead atoms. The predicted octanol–water partition coefficient (Wildman–Crippen LogP) is 7.45. The zero-order valence-electron chi connectivity index (χ0n) is 40.7. The van der Waals surface area contributed by atoms with Gasteiger partial charge in [0, 0.05) is 69.9 Å². The molecule has 3 fully saturated rings. The van der Waals surface area contributed by atoms with E-state index in [0.717, 1.165) is 117 Å². The van der Waals surface area contributed by atoms with Crippen LogP contribution in [0.4, 0.5) is 11.5 Å². The van der Waals surface area contributed by atoms with E-state index < -0.39 is 23.8 Å². The Kier molecular flexibility index (Phi) is 16.3. The first-order valence-electron chi connectivity index (χ1n) is 25.8. The molecule has 71 heavy (non-hydrogen) atoms. The van der Waals surface area contributed by atoms with Crippen molar-refractivity contribution < 1.29 is 28.7 Å². The molecule has 374 valence electrons. The molecule has 5 aromatic rings. The number of nitrogens with zero attached hydrogens (tertiary/aromatic N) is 8. The van der Waals surface area contributed by atoms with Gasteiger partial charge in [-0.1, -0.05) is 69.2 Å². The van der Waals surface area contributed by atoms with Crippen molar-refractivity contribution in [3.63, 3.8) is 0 Å². The molecule has 6 heterocycles. The molecule has 9 rings (SSSR count). The second-order valence-electron chi connectivity index (χ2n) is 19.4. The molecule has 4 aliphatic rings. The van der Waals surface area contributed by atoms with Crippen LogP contribution < -0.4 is 21.1 Å². The number of fused-ring (bicyclic) bond motifs is 2. The number of piperidine rings is 2. The molecule has 17 nitrogen and oxygen atoms in total. The van der Waals surface area contributed by atoms with Crippen LogP contribution in [0, 0.1) is 0 Å². The van der Waals surface area contributed by atoms with Crippen LogP contribution in [0.5, 0.6) is 11.5 Å². The number of imide groups is 2. The maximum atomic E-state index is 13.6. The van der Waals surface area contributed by atoms with Gasteiger partial charge in [-0.25, -0.2) is 14.6 Å². The Morgan fingerprint density at radius 1 is 0.732 bits per heavy atom. The quantitative estimate of drug-likeness (QED) is 0.0457. The first-order chi connectivity index (χ1) is 34.7. The van der Waals surface area contributed by atoms with E-state index in [9.17, 15) is 24.0 Å². The number of unbranched alkanes of at least 4 members (excludes halogenated alkanes) is 8. The largest absolute Gasteiger partial charge is 0.457 e. The lowest BCUT2D eigenvalue weighted by atomic mass is 10.0. The van der Waals surface area contributed by atoms with E-state index in [1.165, 1.54) is 44.9 Å². The molecule has 17 heteroatoms. The third kappa shape index (κ3) is 11.9. The Morgan fingerprint density at radius 2 is 1.42 bits per heavy atom. The summed E-state index contributed by atoms with van der Waals surface area (Å²) >= 11 is 0. The fourth-order valence-corrected chi connectivity index (χ4v) is 10.6. The van der Waals surface area contributed by atoms with Crippen molar-refractivity contribution in [1.82, 2.24) is 44.7 Å². The SMILES string of the molecule is Nc1ncnc2c1c(-c1ccc(Oc3ccccc3)cc1)nn2C1CCCN(C(=O)CCCN2CCN(CCCCCCCCCCCNc3cccc4c3C(=O)N(C3CCC(=O)NC3=O)C4=O)CC2)C1. The highest BCUT2D eigenvalue weighted by Crippen LogP contribution is 2.36. The van der Waals surface area contributed by atoms with Gasteiger partial charge in [0.05, 0.1) is 22.6 Å². The van der Waals surface area contributed by atoms with E-state index in [2.05, 4.69) is 30.4 Å². The Bertz CT molecular complexity index is 2670. The van der Waals surface area contributed by atoms with Gasteiger partial charge < -0.3 is 30.5 Å². The van der Waals surface area contributed by atoms with Crippen molar-refractivity contribution in [1.29, 1.82) is 0 Å². The number of nitrogens with one attached hydrogen (secondary N) is 2. The molecule has 4 N–H and O–H groups in total. The minimum Gasteiger partial charge on any atom is -0.457 e. The van der Waals surface area contributed by atoms with Gasteiger partial charge in [-0.3, -0.25) is 34.2 Å². The summed E-state index contributed by atoms with van der Waals surface area (Å²) in [5, 5.41) is 11.4. The Morgan fingerprint density at radius 3 is 2.15 bits per heavy atom. The zero-order valence-corrected chi connectivity index (χ0v) is 40.7. The van der Waals surface area contributed by atoms with Gasteiger partial charge >= 0.3 is 0 Å². The van der Waals surface area contributed by atoms with E-state index in [1.807, 2.05) is 64.2 Å². The van der Waals surface area contributed by atoms with Crippen LogP contribution in [0.3, 0.4) is 0 Å². The molecule has 0 spiro atoms. The van der Waals surface area contributed by atoms with Crippen molar-refractivity contribution in [3.05, 3.63) is 90.3 Å². The maximum Gasteiger partial charge on any atom is 0.264 e. The van der Waals surface area contributed by atoms with Crippen molar-refractivity contribution in [2.75, 3.05) is 70.0 Å². The number of nitrogen functional groups attached to an aromatic ring is 1. The number of benzene rings is 3. The molecule has 2 atom stereocenters. The Balaban J connectivity index is 0.616. The number of amides is 5. The van der Waals surface area contributed by atoms with Crippen molar-refractivity contribution in [2.24, 2.45) is 0 Å². The minimum atomic E-state index is -0.968. The number of ether oxygens (including phenoxy) is 1. The molecule has 4 aliphatic heterocycles. The number of anilines is 2. The monoisotopic (exact) mass is 966 g/mol. The van der Waals surface area contributed by atoms with Gasteiger partial charge in [-0.05, 0) is 100 Å². The number of hydrogen-bond donors (Lipinski definition) is 3. The van der Waals surface area contributed by atoms with Crippen LogP contribution in [0.1, 0.15) is 123 Å². The predicted molar refractivity (Wildman–Crippen MR) is 272 cm³/mol. The molecule has 2 unspecified atom stereocenters. The topological polar surface area (TPSA) is 201 Å². The third-order valence-corrected chi connectivity index (χ3v) is 14.5. The summed E-state index contributed by atoms with van der Waals surface area (Å²) in [5.41, 5.74) is 9.95. The molecular weight excluding hydrogens is 899 g/mol. The summed E-state index contributed by atoms with van der Waals surface area (Å²) in [6.45, 7) is 8.39. The number of likely N-dealkylation sites (tertiary alicyclic amines) is 1. The summed E-state index contributed by atoms with van der Waals surface area (Å²) in [4.78, 5) is 81.1. The number of piperazine rings is 1. The zero-order chi connectivity index (χ0) is 49.1. The molecule has 0 radical (unpaired) electrons. The molecule has 0 saturated carbocycles. The maximum absolute atomic E-state index is 13.6. The average molecular weight is 966 g/mol.